The molecule has 1 aromatic carbocycles. The van der Waals surface area contributed by atoms with Crippen LogP contribution < -0.4 is 5.32 Å². The molecule has 0 bridgehead atoms. The van der Waals surface area contributed by atoms with Crippen molar-refractivity contribution in [1.29, 1.82) is 0 Å². The molecule has 1 aliphatic rings. The van der Waals surface area contributed by atoms with Crippen molar-refractivity contribution in [3.05, 3.63) is 35.4 Å². The lowest BCUT2D eigenvalue weighted by atomic mass is 9.89. The van der Waals surface area contributed by atoms with Gasteiger partial charge in [0.05, 0.1) is 0 Å². The Labute approximate surface area is 124 Å². The lowest BCUT2D eigenvalue weighted by Gasteiger charge is -2.26. The van der Waals surface area contributed by atoms with Crippen LogP contribution in [0.4, 0.5) is 0 Å². The predicted molar refractivity (Wildman–Crippen MR) is 82.8 cm³/mol. The van der Waals surface area contributed by atoms with Gasteiger partial charge in [0.1, 0.15) is 0 Å². The smallest absolute Gasteiger partial charge is 0.251 e. The number of benzene rings is 1. The highest BCUT2D eigenvalue weighted by molar-refractivity contribution is 9.09. The third-order valence-electron chi connectivity index (χ3n) is 4.20. The second-order valence-electron chi connectivity index (χ2n) is 5.57. The van der Waals surface area contributed by atoms with E-state index in [1.807, 2.05) is 24.3 Å². The Bertz CT molecular complexity index is 421. The molecule has 1 aliphatic carbocycles. The van der Waals surface area contributed by atoms with Gasteiger partial charge in [-0.25, -0.2) is 0 Å². The summed E-state index contributed by atoms with van der Waals surface area (Å²) in [4.78, 5) is 12.1. The minimum absolute atomic E-state index is 0.0508. The molecule has 0 aliphatic heterocycles. The number of amides is 1. The molecule has 3 heteroatoms. The van der Waals surface area contributed by atoms with Crippen LogP contribution >= 0.6 is 15.9 Å². The van der Waals surface area contributed by atoms with Gasteiger partial charge in [-0.2, -0.15) is 0 Å². The highest BCUT2D eigenvalue weighted by Crippen LogP contribution is 2.38. The Morgan fingerprint density at radius 1 is 1.26 bits per heavy atom. The molecule has 0 saturated heterocycles. The van der Waals surface area contributed by atoms with E-state index < -0.39 is 0 Å². The van der Waals surface area contributed by atoms with Gasteiger partial charge < -0.3 is 5.32 Å². The fourth-order valence-electron chi connectivity index (χ4n) is 2.74. The number of carbonyl (C=O) groups is 1. The summed E-state index contributed by atoms with van der Waals surface area (Å²) in [5, 5.41) is 4.08. The summed E-state index contributed by atoms with van der Waals surface area (Å²) in [7, 11) is 0. The number of nitrogens with one attached hydrogen (secondary N) is 1. The van der Waals surface area contributed by atoms with E-state index in [2.05, 4.69) is 28.2 Å². The quantitative estimate of drug-likeness (QED) is 0.817. The van der Waals surface area contributed by atoms with Crippen LogP contribution in [0.25, 0.3) is 0 Å². The van der Waals surface area contributed by atoms with Crippen LogP contribution in [0.3, 0.4) is 0 Å². The van der Waals surface area contributed by atoms with Gasteiger partial charge in [0.25, 0.3) is 5.91 Å². The van der Waals surface area contributed by atoms with Gasteiger partial charge in [-0.15, -0.1) is 0 Å². The van der Waals surface area contributed by atoms with Crippen LogP contribution in [0.15, 0.2) is 24.3 Å². The molecule has 0 heterocycles. The number of hydrogen-bond donors (Lipinski definition) is 1. The molecule has 19 heavy (non-hydrogen) atoms. The fourth-order valence-corrected chi connectivity index (χ4v) is 3.50. The summed E-state index contributed by atoms with van der Waals surface area (Å²) in [6, 6.07) is 7.91. The maximum absolute atomic E-state index is 12.1. The fraction of sp³-hybridized carbons (Fsp3) is 0.562. The SMILES string of the molecule is CCc1ccc(C(=O)NCC2(CBr)CCCC2)cc1. The molecular weight excluding hydrogens is 302 g/mol. The molecule has 2 rings (SSSR count). The van der Waals surface area contributed by atoms with Crippen LogP contribution in [0.2, 0.25) is 0 Å². The Balaban J connectivity index is 1.93. The normalized spacial score (nSPS) is 17.4. The molecule has 0 aromatic heterocycles. The molecule has 0 unspecified atom stereocenters. The van der Waals surface area contributed by atoms with Crippen LogP contribution in [-0.2, 0) is 6.42 Å². The number of rotatable bonds is 5. The van der Waals surface area contributed by atoms with E-state index in [1.165, 1.54) is 31.2 Å². The molecule has 1 N–H and O–H groups in total. The van der Waals surface area contributed by atoms with E-state index in [0.717, 1.165) is 23.9 Å². The molecule has 104 valence electrons. The van der Waals surface area contributed by atoms with Gasteiger partial charge in [0, 0.05) is 17.4 Å². The topological polar surface area (TPSA) is 29.1 Å². The van der Waals surface area contributed by atoms with Crippen molar-refractivity contribution in [3.8, 4) is 0 Å². The van der Waals surface area contributed by atoms with Crippen LogP contribution in [0.1, 0.15) is 48.5 Å². The minimum Gasteiger partial charge on any atom is -0.351 e. The third kappa shape index (κ3) is 3.59. The molecule has 1 aromatic rings. The van der Waals surface area contributed by atoms with Gasteiger partial charge in [-0.3, -0.25) is 4.79 Å². The molecule has 1 fully saturated rings. The Morgan fingerprint density at radius 3 is 2.42 bits per heavy atom. The Kier molecular flexibility index (Phi) is 5.03. The second kappa shape index (κ2) is 6.56. The van der Waals surface area contributed by atoms with Crippen LogP contribution in [0.5, 0.6) is 0 Å². The van der Waals surface area contributed by atoms with E-state index in [-0.39, 0.29) is 11.3 Å². The van der Waals surface area contributed by atoms with Crippen molar-refractivity contribution in [3.63, 3.8) is 0 Å². The molecule has 1 saturated carbocycles. The minimum atomic E-state index is 0.0508. The lowest BCUT2D eigenvalue weighted by Crippen LogP contribution is -2.37. The number of carbonyl (C=O) groups excluding carboxylic acids is 1. The maximum atomic E-state index is 12.1. The predicted octanol–water partition coefficient (Wildman–Crippen LogP) is 3.93. The van der Waals surface area contributed by atoms with Gasteiger partial charge in [0.2, 0.25) is 0 Å². The summed E-state index contributed by atoms with van der Waals surface area (Å²) in [5.41, 5.74) is 2.31. The average Bonchev–Trinajstić information content (AvgIpc) is 2.94. The van der Waals surface area contributed by atoms with Gasteiger partial charge >= 0.3 is 0 Å². The Hall–Kier alpha value is -0.830. The van der Waals surface area contributed by atoms with Crippen LogP contribution in [0, 0.1) is 5.41 Å². The maximum Gasteiger partial charge on any atom is 0.251 e. The first kappa shape index (κ1) is 14.6. The van der Waals surface area contributed by atoms with E-state index in [9.17, 15) is 4.79 Å². The highest BCUT2D eigenvalue weighted by atomic mass is 79.9. The summed E-state index contributed by atoms with van der Waals surface area (Å²) >= 11 is 3.61. The van der Waals surface area contributed by atoms with Crippen molar-refractivity contribution in [2.24, 2.45) is 5.41 Å². The standard InChI is InChI=1S/C16H22BrNO/c1-2-13-5-7-14(8-6-13)15(19)18-12-16(11-17)9-3-4-10-16/h5-8H,2-4,9-12H2,1H3,(H,18,19). The van der Waals surface area contributed by atoms with E-state index in [1.54, 1.807) is 0 Å². The third-order valence-corrected chi connectivity index (χ3v) is 5.39. The first-order valence-corrected chi connectivity index (χ1v) is 8.24. The van der Waals surface area contributed by atoms with Gasteiger partial charge in [-0.05, 0) is 42.4 Å². The van der Waals surface area contributed by atoms with Crippen LogP contribution in [-0.4, -0.2) is 17.8 Å². The zero-order valence-corrected chi connectivity index (χ0v) is 13.1. The van der Waals surface area contributed by atoms with Crippen molar-refractivity contribution >= 4 is 21.8 Å². The average molecular weight is 324 g/mol. The summed E-state index contributed by atoms with van der Waals surface area (Å²) < 4.78 is 0. The zero-order valence-electron chi connectivity index (χ0n) is 11.5. The Morgan fingerprint density at radius 2 is 1.89 bits per heavy atom. The number of halogens is 1. The molecule has 0 atom stereocenters. The van der Waals surface area contributed by atoms with Gasteiger partial charge in [-0.1, -0.05) is 47.8 Å². The molecule has 2 nitrogen and oxygen atoms in total. The molecule has 0 spiro atoms. The number of aryl methyl sites for hydroxylation is 1. The summed E-state index contributed by atoms with van der Waals surface area (Å²) in [5.74, 6) is 0.0508. The molecule has 0 radical (unpaired) electrons. The first-order valence-electron chi connectivity index (χ1n) is 7.12. The lowest BCUT2D eigenvalue weighted by molar-refractivity contribution is 0.0935. The highest BCUT2D eigenvalue weighted by Gasteiger charge is 2.32. The molecule has 1 amide bonds. The first-order chi connectivity index (χ1) is 9.19. The van der Waals surface area contributed by atoms with Crippen molar-refractivity contribution < 1.29 is 4.79 Å². The monoisotopic (exact) mass is 323 g/mol. The van der Waals surface area contributed by atoms with Gasteiger partial charge in [0.15, 0.2) is 0 Å². The van der Waals surface area contributed by atoms with E-state index in [4.69, 9.17) is 0 Å². The van der Waals surface area contributed by atoms with E-state index in [0.29, 0.717) is 0 Å². The second-order valence-corrected chi connectivity index (χ2v) is 6.13. The summed E-state index contributed by atoms with van der Waals surface area (Å²) in [6.07, 6.45) is 6.01. The van der Waals surface area contributed by atoms with Crippen molar-refractivity contribution in [2.75, 3.05) is 11.9 Å². The van der Waals surface area contributed by atoms with E-state index >= 15 is 0 Å². The number of alkyl halides is 1. The summed E-state index contributed by atoms with van der Waals surface area (Å²) in [6.45, 7) is 2.90. The van der Waals surface area contributed by atoms with Crippen molar-refractivity contribution in [2.45, 2.75) is 39.0 Å². The zero-order chi connectivity index (χ0) is 13.7. The molecular formula is C16H22BrNO. The number of hydrogen-bond acceptors (Lipinski definition) is 1. The largest absolute Gasteiger partial charge is 0.351 e. The van der Waals surface area contributed by atoms with Crippen molar-refractivity contribution in [1.82, 2.24) is 5.32 Å².